The Morgan fingerprint density at radius 2 is 2.06 bits per heavy atom. The molecule has 31 heavy (non-hydrogen) atoms. The van der Waals surface area contributed by atoms with Crippen LogP contribution in [0.5, 0.6) is 0 Å². The Hall–Kier alpha value is -2.26. The second-order valence-corrected chi connectivity index (χ2v) is 8.45. The molecule has 8 heteroatoms. The highest BCUT2D eigenvalue weighted by atomic mass is 16.6. The molecule has 168 valence electrons. The number of benzene rings is 1. The predicted molar refractivity (Wildman–Crippen MR) is 114 cm³/mol. The van der Waals surface area contributed by atoms with Crippen molar-refractivity contribution in [2.45, 2.75) is 76.1 Å². The van der Waals surface area contributed by atoms with Gasteiger partial charge >= 0.3 is 5.69 Å². The van der Waals surface area contributed by atoms with Gasteiger partial charge < -0.3 is 19.7 Å². The third-order valence-corrected chi connectivity index (χ3v) is 6.53. The van der Waals surface area contributed by atoms with E-state index in [0.717, 1.165) is 28.5 Å². The average Bonchev–Trinajstić information content (AvgIpc) is 3.02. The number of aryl methyl sites for hydroxylation is 1. The van der Waals surface area contributed by atoms with E-state index >= 15 is 0 Å². The number of aromatic nitrogens is 2. The lowest BCUT2D eigenvalue weighted by Gasteiger charge is -2.40. The molecule has 0 radical (unpaired) electrons. The summed E-state index contributed by atoms with van der Waals surface area (Å²) in [7, 11) is 0. The largest absolute Gasteiger partial charge is 0.394 e. The van der Waals surface area contributed by atoms with Crippen LogP contribution in [-0.4, -0.2) is 44.2 Å². The maximum absolute atomic E-state index is 12.3. The lowest BCUT2D eigenvalue weighted by atomic mass is 9.79. The van der Waals surface area contributed by atoms with E-state index < -0.39 is 35.3 Å². The molecule has 0 saturated carbocycles. The minimum absolute atomic E-state index is 0.294. The molecule has 3 heterocycles. The van der Waals surface area contributed by atoms with Crippen LogP contribution in [-0.2, 0) is 28.9 Å². The third-order valence-electron chi connectivity index (χ3n) is 6.53. The molecule has 1 aromatic heterocycles. The molecule has 2 aliphatic heterocycles. The number of rotatable bonds is 7. The van der Waals surface area contributed by atoms with Gasteiger partial charge in [0.2, 0.25) is 0 Å². The van der Waals surface area contributed by atoms with Crippen LogP contribution < -0.4 is 11.2 Å². The summed E-state index contributed by atoms with van der Waals surface area (Å²) in [5.74, 6) is 0. The van der Waals surface area contributed by atoms with Crippen molar-refractivity contribution in [1.82, 2.24) is 9.55 Å². The summed E-state index contributed by atoms with van der Waals surface area (Å²) in [4.78, 5) is 25.9. The fraction of sp³-hybridized carbons (Fsp3) is 0.565. The van der Waals surface area contributed by atoms with Gasteiger partial charge in [0.15, 0.2) is 6.23 Å². The monoisotopic (exact) mass is 430 g/mol. The number of ether oxygens (including phenoxy) is 2. The second kappa shape index (κ2) is 9.08. The van der Waals surface area contributed by atoms with Crippen LogP contribution in [0.4, 0.5) is 0 Å². The molecule has 2 aromatic rings. The molecule has 4 atom stereocenters. The van der Waals surface area contributed by atoms with Gasteiger partial charge in [-0.05, 0) is 29.5 Å². The Morgan fingerprint density at radius 1 is 1.23 bits per heavy atom. The SMILES string of the molecule is CCCCCCc1cccc2c1C[C@@]1(OC2)[C@@H](CO)O[C@@H](n2ccc(=O)[nH]c2=O)[C@@H]1O. The Balaban J connectivity index is 1.65. The second-order valence-electron chi connectivity index (χ2n) is 8.45. The fourth-order valence-electron chi connectivity index (χ4n) is 4.80. The first kappa shape index (κ1) is 22.0. The van der Waals surface area contributed by atoms with Crippen molar-refractivity contribution in [3.8, 4) is 0 Å². The van der Waals surface area contributed by atoms with E-state index in [4.69, 9.17) is 9.47 Å². The average molecular weight is 431 g/mol. The maximum atomic E-state index is 12.3. The summed E-state index contributed by atoms with van der Waals surface area (Å²) < 4.78 is 13.2. The summed E-state index contributed by atoms with van der Waals surface area (Å²) in [6.07, 6.45) is 4.18. The number of aliphatic hydroxyl groups is 2. The smallest absolute Gasteiger partial charge is 0.330 e. The molecule has 0 amide bonds. The molecule has 8 nitrogen and oxygen atoms in total. The van der Waals surface area contributed by atoms with Crippen LogP contribution in [0.1, 0.15) is 55.5 Å². The van der Waals surface area contributed by atoms with Gasteiger partial charge in [0.05, 0.1) is 13.2 Å². The molecule has 0 unspecified atom stereocenters. The van der Waals surface area contributed by atoms with E-state index in [1.807, 2.05) is 12.1 Å². The Kier molecular flexibility index (Phi) is 6.43. The quantitative estimate of drug-likeness (QED) is 0.573. The number of hydrogen-bond acceptors (Lipinski definition) is 6. The van der Waals surface area contributed by atoms with Crippen LogP contribution in [0.25, 0.3) is 0 Å². The van der Waals surface area contributed by atoms with Crippen molar-refractivity contribution in [1.29, 1.82) is 0 Å². The zero-order valence-electron chi connectivity index (χ0n) is 17.8. The molecule has 1 saturated heterocycles. The van der Waals surface area contributed by atoms with E-state index in [-0.39, 0.29) is 6.61 Å². The molecule has 2 aliphatic rings. The Bertz CT molecular complexity index is 1030. The summed E-state index contributed by atoms with van der Waals surface area (Å²) in [6, 6.07) is 7.37. The first-order valence-electron chi connectivity index (χ1n) is 11.0. The zero-order chi connectivity index (χ0) is 22.0. The van der Waals surface area contributed by atoms with Crippen LogP contribution in [0.2, 0.25) is 0 Å². The van der Waals surface area contributed by atoms with Crippen molar-refractivity contribution in [3.63, 3.8) is 0 Å². The van der Waals surface area contributed by atoms with Gasteiger partial charge in [-0.15, -0.1) is 0 Å². The minimum Gasteiger partial charge on any atom is -0.394 e. The molecule has 3 N–H and O–H groups in total. The van der Waals surface area contributed by atoms with Crippen LogP contribution in [0.15, 0.2) is 40.1 Å². The van der Waals surface area contributed by atoms with E-state index in [1.165, 1.54) is 37.1 Å². The van der Waals surface area contributed by atoms with Gasteiger partial charge in [-0.25, -0.2) is 4.79 Å². The number of nitrogens with one attached hydrogen (secondary N) is 1. The number of hydrogen-bond donors (Lipinski definition) is 3. The maximum Gasteiger partial charge on any atom is 0.330 e. The molecule has 1 spiro atoms. The van der Waals surface area contributed by atoms with Crippen molar-refractivity contribution >= 4 is 0 Å². The summed E-state index contributed by atoms with van der Waals surface area (Å²) in [6.45, 7) is 2.12. The Morgan fingerprint density at radius 3 is 2.81 bits per heavy atom. The van der Waals surface area contributed by atoms with E-state index in [1.54, 1.807) is 0 Å². The van der Waals surface area contributed by atoms with Crippen molar-refractivity contribution in [2.24, 2.45) is 0 Å². The van der Waals surface area contributed by atoms with Gasteiger partial charge in [-0.3, -0.25) is 14.3 Å². The van der Waals surface area contributed by atoms with Crippen LogP contribution >= 0.6 is 0 Å². The molecule has 1 fully saturated rings. The number of H-pyrrole nitrogens is 1. The molecular weight excluding hydrogens is 400 g/mol. The number of nitrogens with zero attached hydrogens (tertiary/aromatic N) is 1. The molecule has 4 rings (SSSR count). The summed E-state index contributed by atoms with van der Waals surface area (Å²) >= 11 is 0. The lowest BCUT2D eigenvalue weighted by molar-refractivity contribution is -0.152. The predicted octanol–water partition coefficient (Wildman–Crippen LogP) is 1.42. The minimum atomic E-state index is -1.20. The molecule has 1 aromatic carbocycles. The van der Waals surface area contributed by atoms with Crippen molar-refractivity contribution in [3.05, 3.63) is 68.0 Å². The zero-order valence-corrected chi connectivity index (χ0v) is 17.8. The standard InChI is InChI=1S/C23H30N2O6/c1-2-3-4-5-7-15-8-6-9-16-14-30-23(12-17(15)16)18(13-26)31-21(20(23)28)25-11-10-19(27)24-22(25)29/h6,8-11,18,20-21,26,28H,2-5,7,12-14H2,1H3,(H,24,27,29)/t18-,20+,21-,23-/m1/s1. The first-order chi connectivity index (χ1) is 15.0. The highest BCUT2D eigenvalue weighted by molar-refractivity contribution is 5.39. The normalized spacial score (nSPS) is 27.5. The first-order valence-corrected chi connectivity index (χ1v) is 11.0. The highest BCUT2D eigenvalue weighted by Crippen LogP contribution is 2.45. The molecule has 0 bridgehead atoms. The van der Waals surface area contributed by atoms with Gasteiger partial charge in [0.25, 0.3) is 5.56 Å². The van der Waals surface area contributed by atoms with Gasteiger partial charge in [0, 0.05) is 18.7 Å². The highest BCUT2D eigenvalue weighted by Gasteiger charge is 2.59. The number of aromatic amines is 1. The van der Waals surface area contributed by atoms with E-state index in [0.29, 0.717) is 13.0 Å². The van der Waals surface area contributed by atoms with E-state index in [2.05, 4.69) is 18.0 Å². The summed E-state index contributed by atoms with van der Waals surface area (Å²) in [5, 5.41) is 21.3. The molecule has 0 aliphatic carbocycles. The van der Waals surface area contributed by atoms with Crippen molar-refractivity contribution in [2.75, 3.05) is 6.61 Å². The van der Waals surface area contributed by atoms with Crippen molar-refractivity contribution < 1.29 is 19.7 Å². The molecular formula is C23H30N2O6. The fourth-order valence-corrected chi connectivity index (χ4v) is 4.80. The number of aliphatic hydroxyl groups excluding tert-OH is 2. The van der Waals surface area contributed by atoms with Gasteiger partial charge in [-0.2, -0.15) is 0 Å². The van der Waals surface area contributed by atoms with Crippen LogP contribution in [0, 0.1) is 0 Å². The third kappa shape index (κ3) is 4.01. The van der Waals surface area contributed by atoms with Gasteiger partial charge in [-0.1, -0.05) is 44.4 Å². The lowest BCUT2D eigenvalue weighted by Crippen LogP contribution is -2.55. The Labute approximate surface area is 180 Å². The topological polar surface area (TPSA) is 114 Å². The summed E-state index contributed by atoms with van der Waals surface area (Å²) in [5.41, 5.74) is 1.04. The van der Waals surface area contributed by atoms with Crippen LogP contribution in [0.3, 0.4) is 0 Å². The number of fused-ring (bicyclic) bond motifs is 1. The van der Waals surface area contributed by atoms with E-state index in [9.17, 15) is 19.8 Å². The van der Waals surface area contributed by atoms with Gasteiger partial charge in [0.1, 0.15) is 17.8 Å². The number of unbranched alkanes of at least 4 members (excludes halogenated alkanes) is 3.